The van der Waals surface area contributed by atoms with Crippen LogP contribution in [0.4, 0.5) is 10.7 Å². The van der Waals surface area contributed by atoms with Crippen molar-refractivity contribution in [1.29, 1.82) is 0 Å². The maximum atomic E-state index is 13.3. The highest BCUT2D eigenvalue weighted by molar-refractivity contribution is 9.10. The van der Waals surface area contributed by atoms with Gasteiger partial charge in [-0.25, -0.2) is 14.3 Å². The van der Waals surface area contributed by atoms with Gasteiger partial charge in [0.1, 0.15) is 6.10 Å². The summed E-state index contributed by atoms with van der Waals surface area (Å²) in [6, 6.07) is 7.45. The molecule has 3 fully saturated rings. The molecule has 3 aliphatic heterocycles. The molecular formula is C21H21BrN5O9P. The second-order valence-electron chi connectivity index (χ2n) is 8.89. The lowest BCUT2D eigenvalue weighted by Gasteiger charge is -2.30. The van der Waals surface area contributed by atoms with Crippen molar-refractivity contribution in [3.63, 3.8) is 0 Å². The first kappa shape index (κ1) is 24.5. The van der Waals surface area contributed by atoms with Gasteiger partial charge < -0.3 is 19.9 Å². The number of nitrogens with zero attached hydrogens (tertiary/aromatic N) is 3. The van der Waals surface area contributed by atoms with E-state index >= 15 is 0 Å². The second-order valence-corrected chi connectivity index (χ2v) is 11.4. The Morgan fingerprint density at radius 1 is 1.38 bits per heavy atom. The third kappa shape index (κ3) is 4.25. The number of halogens is 1. The average molecular weight is 598 g/mol. The van der Waals surface area contributed by atoms with E-state index in [1.165, 1.54) is 10.9 Å². The van der Waals surface area contributed by atoms with Gasteiger partial charge in [-0.05, 0) is 24.6 Å². The monoisotopic (exact) mass is 597 g/mol. The van der Waals surface area contributed by atoms with Crippen LogP contribution in [0.1, 0.15) is 31.2 Å². The minimum absolute atomic E-state index is 0.0231. The topological polar surface area (TPSA) is 179 Å². The number of phosphoric acid groups is 1. The van der Waals surface area contributed by atoms with Crippen LogP contribution >= 0.6 is 23.8 Å². The molecule has 3 saturated heterocycles. The van der Waals surface area contributed by atoms with Crippen LogP contribution in [0.25, 0.3) is 11.2 Å². The minimum Gasteiger partial charge on any atom is -0.424 e. The molecule has 2 aromatic heterocycles. The van der Waals surface area contributed by atoms with Gasteiger partial charge in [-0.1, -0.05) is 28.1 Å². The van der Waals surface area contributed by atoms with E-state index in [2.05, 4.69) is 30.9 Å². The number of aromatic nitrogens is 4. The normalized spacial score (nSPS) is 33.3. The van der Waals surface area contributed by atoms with E-state index in [1.54, 1.807) is 6.92 Å². The number of hydrogen-bond donors (Lipinski definition) is 2. The Kier molecular flexibility index (Phi) is 5.89. The predicted molar refractivity (Wildman–Crippen MR) is 128 cm³/mol. The van der Waals surface area contributed by atoms with Gasteiger partial charge in [0.2, 0.25) is 5.95 Å². The number of aromatic amines is 1. The molecule has 6 atom stereocenters. The van der Waals surface area contributed by atoms with Crippen molar-refractivity contribution in [2.45, 2.75) is 43.5 Å². The highest BCUT2D eigenvalue weighted by atomic mass is 79.9. The van der Waals surface area contributed by atoms with E-state index in [0.717, 1.165) is 10.0 Å². The highest BCUT2D eigenvalue weighted by Crippen LogP contribution is 2.58. The van der Waals surface area contributed by atoms with Crippen LogP contribution in [-0.4, -0.2) is 56.7 Å². The molecule has 0 radical (unpaired) electrons. The zero-order chi connectivity index (χ0) is 25.9. The van der Waals surface area contributed by atoms with E-state index in [4.69, 9.17) is 33.5 Å². The van der Waals surface area contributed by atoms with E-state index in [0.29, 0.717) is 6.42 Å². The number of H-pyrrole nitrogens is 1. The summed E-state index contributed by atoms with van der Waals surface area (Å²) >= 11 is 3.42. The van der Waals surface area contributed by atoms with E-state index in [9.17, 15) is 14.2 Å². The van der Waals surface area contributed by atoms with Gasteiger partial charge >= 0.3 is 14.0 Å². The maximum absolute atomic E-state index is 13.3. The first-order valence-corrected chi connectivity index (χ1v) is 13.5. The number of nitrogens with two attached hydrogens (primary N) is 1. The fraction of sp³-hybridized carbons (Fsp3) is 0.429. The summed E-state index contributed by atoms with van der Waals surface area (Å²) in [5.41, 5.74) is 4.79. The fourth-order valence-corrected chi connectivity index (χ4v) is 6.56. The number of phosphoric ester groups is 1. The molecule has 0 unspecified atom stereocenters. The molecule has 1 aromatic carbocycles. The van der Waals surface area contributed by atoms with Crippen LogP contribution in [0, 0.1) is 0 Å². The molecule has 3 N–H and O–H groups in total. The van der Waals surface area contributed by atoms with Crippen molar-refractivity contribution in [2.75, 3.05) is 18.9 Å². The van der Waals surface area contributed by atoms with Gasteiger partial charge in [-0.2, -0.15) is 4.98 Å². The number of rotatable bonds is 5. The van der Waals surface area contributed by atoms with Crippen molar-refractivity contribution >= 4 is 47.0 Å². The SMILES string of the molecule is C[C@@]12OC(=O)O[C@@H]1[C@@H](CO[P@]1(=O)OCC[C@H](c3cccc(Br)c3)O1)O[C@H]2n1cnc2c(=O)[nH]c(N)nc21. The molecule has 0 aliphatic carbocycles. The Hall–Kier alpha value is -2.81. The third-order valence-electron chi connectivity index (χ3n) is 6.43. The van der Waals surface area contributed by atoms with Gasteiger partial charge in [0.15, 0.2) is 29.1 Å². The minimum atomic E-state index is -3.98. The second kappa shape index (κ2) is 8.89. The number of imidazole rings is 1. The molecular weight excluding hydrogens is 577 g/mol. The predicted octanol–water partition coefficient (Wildman–Crippen LogP) is 2.96. The summed E-state index contributed by atoms with van der Waals surface area (Å²) in [6.07, 6.45) is -2.49. The molecule has 16 heteroatoms. The van der Waals surface area contributed by atoms with Gasteiger partial charge in [0, 0.05) is 10.9 Å². The molecule has 196 valence electrons. The molecule has 3 aliphatic rings. The smallest absolute Gasteiger partial charge is 0.424 e. The van der Waals surface area contributed by atoms with Crippen molar-refractivity contribution in [3.05, 3.63) is 51.0 Å². The van der Waals surface area contributed by atoms with E-state index in [1.807, 2.05) is 24.3 Å². The quantitative estimate of drug-likeness (QED) is 0.325. The summed E-state index contributed by atoms with van der Waals surface area (Å²) in [6.45, 7) is 1.46. The first-order chi connectivity index (χ1) is 17.6. The number of benzene rings is 1. The Labute approximate surface area is 217 Å². The first-order valence-electron chi connectivity index (χ1n) is 11.3. The van der Waals surface area contributed by atoms with E-state index in [-0.39, 0.29) is 30.3 Å². The number of hydrogen-bond acceptors (Lipinski definition) is 12. The number of nitrogens with one attached hydrogen (secondary N) is 1. The Balaban J connectivity index is 1.24. The number of nitrogen functional groups attached to an aromatic ring is 1. The summed E-state index contributed by atoms with van der Waals surface area (Å²) in [5, 5.41) is 0. The van der Waals surface area contributed by atoms with E-state index < -0.39 is 49.7 Å². The zero-order valence-corrected chi connectivity index (χ0v) is 21.7. The summed E-state index contributed by atoms with van der Waals surface area (Å²) in [5.74, 6) is -0.122. The van der Waals surface area contributed by atoms with Crippen LogP contribution in [0.2, 0.25) is 0 Å². The molecule has 6 rings (SSSR count). The van der Waals surface area contributed by atoms with Gasteiger partial charge in [0.05, 0.1) is 25.6 Å². The van der Waals surface area contributed by atoms with Crippen molar-refractivity contribution in [2.24, 2.45) is 0 Å². The van der Waals surface area contributed by atoms with Gasteiger partial charge in [0.25, 0.3) is 5.56 Å². The lowest BCUT2D eigenvalue weighted by atomic mass is 9.96. The summed E-state index contributed by atoms with van der Waals surface area (Å²) < 4.78 is 49.3. The molecule has 0 bridgehead atoms. The number of carbonyl (C=O) groups excluding carboxylic acids is 1. The molecule has 3 aromatic rings. The third-order valence-corrected chi connectivity index (χ3v) is 8.40. The molecule has 0 spiro atoms. The summed E-state index contributed by atoms with van der Waals surface area (Å²) in [4.78, 5) is 35.0. The molecule has 37 heavy (non-hydrogen) atoms. The molecule has 5 heterocycles. The van der Waals surface area contributed by atoms with Crippen molar-refractivity contribution in [1.82, 2.24) is 19.5 Å². The van der Waals surface area contributed by atoms with Gasteiger partial charge in [-0.15, -0.1) is 0 Å². The Morgan fingerprint density at radius 3 is 3.03 bits per heavy atom. The highest BCUT2D eigenvalue weighted by Gasteiger charge is 2.64. The maximum Gasteiger partial charge on any atom is 0.509 e. The summed E-state index contributed by atoms with van der Waals surface area (Å²) in [7, 11) is -3.98. The largest absolute Gasteiger partial charge is 0.509 e. The Morgan fingerprint density at radius 2 is 2.22 bits per heavy atom. The standard InChI is InChI=1S/C21H21BrN5O9P/c1-21-15(34-20(29)35-21)13(33-18(21)27-9-24-14-16(27)25-19(23)26-17(14)28)8-32-37(30)31-6-5-12(36-37)10-3-2-4-11(22)7-10/h2-4,7,9,12-13,15,18H,5-6,8H2,1H3,(H3,23,25,26,28)/t12-,13-,15-,18-,21-,37+/m1/s1. The van der Waals surface area contributed by atoms with Crippen molar-refractivity contribution in [3.8, 4) is 0 Å². The number of carbonyl (C=O) groups is 1. The van der Waals surface area contributed by atoms with Crippen LogP contribution in [0.5, 0.6) is 0 Å². The molecule has 0 amide bonds. The number of anilines is 1. The fourth-order valence-electron chi connectivity index (χ4n) is 4.75. The zero-order valence-electron chi connectivity index (χ0n) is 19.2. The van der Waals surface area contributed by atoms with Crippen LogP contribution in [-0.2, 0) is 32.3 Å². The van der Waals surface area contributed by atoms with Crippen molar-refractivity contribution < 1.29 is 37.1 Å². The van der Waals surface area contributed by atoms with Crippen LogP contribution < -0.4 is 11.3 Å². The lowest BCUT2D eigenvalue weighted by molar-refractivity contribution is -0.0925. The van der Waals surface area contributed by atoms with Crippen LogP contribution in [0.3, 0.4) is 0 Å². The van der Waals surface area contributed by atoms with Gasteiger partial charge in [-0.3, -0.25) is 27.9 Å². The number of ether oxygens (including phenoxy) is 3. The lowest BCUT2D eigenvalue weighted by Crippen LogP contribution is -2.42. The molecule has 14 nitrogen and oxygen atoms in total. The molecule has 0 saturated carbocycles. The average Bonchev–Trinajstić information content (AvgIpc) is 3.47. The Bertz CT molecular complexity index is 1500. The number of fused-ring (bicyclic) bond motifs is 2. The van der Waals surface area contributed by atoms with Crippen LogP contribution in [0.15, 0.2) is 39.9 Å².